The highest BCUT2D eigenvalue weighted by atomic mass is 32.2. The summed E-state index contributed by atoms with van der Waals surface area (Å²) >= 11 is 1.53. The molecule has 0 aromatic carbocycles. The zero-order chi connectivity index (χ0) is 7.11. The second-order valence-electron chi connectivity index (χ2n) is 1.23. The van der Waals surface area contributed by atoms with Crippen molar-refractivity contribution in [3.8, 4) is 0 Å². The summed E-state index contributed by atoms with van der Waals surface area (Å²) in [5.74, 6) is 0. The highest BCUT2D eigenvalue weighted by Crippen LogP contribution is 1.91. The highest BCUT2D eigenvalue weighted by Gasteiger charge is 1.86. The average Bonchev–Trinajstić information content (AvgIpc) is 1.91. The summed E-state index contributed by atoms with van der Waals surface area (Å²) in [4.78, 5) is 3.90. The molecule has 0 rings (SSSR count). The minimum absolute atomic E-state index is 0.827. The van der Waals surface area contributed by atoms with Crippen molar-refractivity contribution in [2.45, 2.75) is 6.92 Å². The summed E-state index contributed by atoms with van der Waals surface area (Å²) in [5.41, 5.74) is 2.75. The predicted octanol–water partition coefficient (Wildman–Crippen LogP) is 0.930. The van der Waals surface area contributed by atoms with E-state index in [4.69, 9.17) is 0 Å². The van der Waals surface area contributed by atoms with Crippen LogP contribution in [0.25, 0.3) is 0 Å². The SMILES string of the molecule is C/C=N/NC(=NC)SC. The fourth-order valence-electron chi connectivity index (χ4n) is 0.307. The Hall–Kier alpha value is -0.510. The first-order valence-electron chi connectivity index (χ1n) is 2.59. The molecule has 0 radical (unpaired) electrons. The Balaban J connectivity index is 3.58. The van der Waals surface area contributed by atoms with Gasteiger partial charge in [-0.15, -0.1) is 0 Å². The van der Waals surface area contributed by atoms with E-state index >= 15 is 0 Å². The maximum Gasteiger partial charge on any atom is 0.176 e. The van der Waals surface area contributed by atoms with Gasteiger partial charge < -0.3 is 0 Å². The molecule has 0 unspecified atom stereocenters. The van der Waals surface area contributed by atoms with Gasteiger partial charge in [0.2, 0.25) is 0 Å². The van der Waals surface area contributed by atoms with Crippen molar-refractivity contribution in [3.63, 3.8) is 0 Å². The van der Waals surface area contributed by atoms with Gasteiger partial charge in [0.15, 0.2) is 5.17 Å². The fourth-order valence-corrected chi connectivity index (χ4v) is 0.633. The molecule has 0 aliphatic heterocycles. The molecule has 0 aromatic heterocycles. The topological polar surface area (TPSA) is 36.8 Å². The van der Waals surface area contributed by atoms with E-state index in [0.717, 1.165) is 5.17 Å². The lowest BCUT2D eigenvalue weighted by molar-refractivity contribution is 1.05. The molecule has 0 saturated carbocycles. The van der Waals surface area contributed by atoms with Crippen molar-refractivity contribution >= 4 is 23.1 Å². The summed E-state index contributed by atoms with van der Waals surface area (Å²) in [7, 11) is 1.73. The van der Waals surface area contributed by atoms with Crippen LogP contribution in [0, 0.1) is 0 Å². The van der Waals surface area contributed by atoms with Gasteiger partial charge in [0, 0.05) is 13.3 Å². The molecule has 52 valence electrons. The Kier molecular flexibility index (Phi) is 5.30. The molecular formula is C5H11N3S. The fraction of sp³-hybridized carbons (Fsp3) is 0.600. The van der Waals surface area contributed by atoms with E-state index in [9.17, 15) is 0 Å². The van der Waals surface area contributed by atoms with Crippen LogP contribution in [0.2, 0.25) is 0 Å². The number of hydrazone groups is 1. The van der Waals surface area contributed by atoms with Gasteiger partial charge in [-0.05, 0) is 13.2 Å². The molecule has 0 bridgehead atoms. The van der Waals surface area contributed by atoms with Crippen LogP contribution in [0.5, 0.6) is 0 Å². The second kappa shape index (κ2) is 5.62. The Morgan fingerprint density at radius 3 is 2.67 bits per heavy atom. The van der Waals surface area contributed by atoms with Gasteiger partial charge in [-0.3, -0.25) is 10.4 Å². The second-order valence-corrected chi connectivity index (χ2v) is 2.03. The van der Waals surface area contributed by atoms with E-state index in [2.05, 4.69) is 15.5 Å². The average molecular weight is 145 g/mol. The van der Waals surface area contributed by atoms with Gasteiger partial charge in [0.25, 0.3) is 0 Å². The number of nitrogens with zero attached hydrogens (tertiary/aromatic N) is 2. The van der Waals surface area contributed by atoms with Crippen molar-refractivity contribution in [1.82, 2.24) is 5.43 Å². The van der Waals surface area contributed by atoms with Crippen molar-refractivity contribution in [2.75, 3.05) is 13.3 Å². The van der Waals surface area contributed by atoms with Crippen LogP contribution in [0.1, 0.15) is 6.92 Å². The van der Waals surface area contributed by atoms with Gasteiger partial charge in [-0.2, -0.15) is 5.10 Å². The molecule has 0 spiro atoms. The van der Waals surface area contributed by atoms with Crippen LogP contribution < -0.4 is 5.43 Å². The highest BCUT2D eigenvalue weighted by molar-refractivity contribution is 8.13. The summed E-state index contributed by atoms with van der Waals surface area (Å²) < 4.78 is 0. The first-order chi connectivity index (χ1) is 4.35. The minimum atomic E-state index is 0.827. The summed E-state index contributed by atoms with van der Waals surface area (Å²) in [5, 5.41) is 4.61. The van der Waals surface area contributed by atoms with Crippen LogP contribution in [0.4, 0.5) is 0 Å². The maximum atomic E-state index is 3.90. The van der Waals surface area contributed by atoms with Crippen molar-refractivity contribution < 1.29 is 0 Å². The lowest BCUT2D eigenvalue weighted by Crippen LogP contribution is -2.12. The van der Waals surface area contributed by atoms with Gasteiger partial charge in [-0.1, -0.05) is 11.8 Å². The van der Waals surface area contributed by atoms with Crippen LogP contribution in [-0.2, 0) is 0 Å². The number of rotatable bonds is 1. The maximum absolute atomic E-state index is 3.90. The van der Waals surface area contributed by atoms with Gasteiger partial charge in [0.05, 0.1) is 0 Å². The van der Waals surface area contributed by atoms with E-state index in [1.54, 1.807) is 13.3 Å². The van der Waals surface area contributed by atoms with E-state index < -0.39 is 0 Å². The summed E-state index contributed by atoms with van der Waals surface area (Å²) in [6.45, 7) is 1.85. The van der Waals surface area contributed by atoms with Crippen molar-refractivity contribution in [3.05, 3.63) is 0 Å². The third-order valence-electron chi connectivity index (χ3n) is 0.686. The molecule has 0 amide bonds. The molecule has 4 heteroatoms. The largest absolute Gasteiger partial charge is 0.265 e. The molecule has 0 saturated heterocycles. The van der Waals surface area contributed by atoms with E-state index in [1.807, 2.05) is 13.2 Å². The smallest absolute Gasteiger partial charge is 0.176 e. The number of thioether (sulfide) groups is 1. The van der Waals surface area contributed by atoms with Crippen molar-refractivity contribution in [1.29, 1.82) is 0 Å². The number of amidine groups is 1. The van der Waals surface area contributed by atoms with Gasteiger partial charge in [0.1, 0.15) is 0 Å². The van der Waals surface area contributed by atoms with Crippen molar-refractivity contribution in [2.24, 2.45) is 10.1 Å². The number of hydrogen-bond donors (Lipinski definition) is 1. The number of nitrogens with one attached hydrogen (secondary N) is 1. The Morgan fingerprint density at radius 2 is 2.33 bits per heavy atom. The third kappa shape index (κ3) is 4.02. The molecule has 0 aliphatic carbocycles. The summed E-state index contributed by atoms with van der Waals surface area (Å²) in [6.07, 6.45) is 3.63. The Morgan fingerprint density at radius 1 is 1.67 bits per heavy atom. The first-order valence-corrected chi connectivity index (χ1v) is 3.82. The molecule has 9 heavy (non-hydrogen) atoms. The summed E-state index contributed by atoms with van der Waals surface area (Å²) in [6, 6.07) is 0. The molecule has 0 aromatic rings. The molecule has 0 fully saturated rings. The van der Waals surface area contributed by atoms with Crippen LogP contribution in [0.15, 0.2) is 10.1 Å². The first kappa shape index (κ1) is 8.49. The lowest BCUT2D eigenvalue weighted by atomic mass is 10.9. The molecule has 1 N–H and O–H groups in total. The lowest BCUT2D eigenvalue weighted by Gasteiger charge is -1.96. The number of hydrogen-bond acceptors (Lipinski definition) is 3. The number of aliphatic imine (C=N–C) groups is 1. The van der Waals surface area contributed by atoms with Gasteiger partial charge in [-0.25, -0.2) is 0 Å². The van der Waals surface area contributed by atoms with E-state index in [1.165, 1.54) is 11.8 Å². The monoisotopic (exact) mass is 145 g/mol. The predicted molar refractivity (Wildman–Crippen MR) is 44.2 cm³/mol. The Labute approximate surface area is 59.6 Å². The normalized spacial score (nSPS) is 12.6. The Bertz CT molecular complexity index is 119. The zero-order valence-electron chi connectivity index (χ0n) is 5.88. The molecule has 3 nitrogen and oxygen atoms in total. The van der Waals surface area contributed by atoms with E-state index in [0.29, 0.717) is 0 Å². The molecule has 0 heterocycles. The minimum Gasteiger partial charge on any atom is -0.265 e. The van der Waals surface area contributed by atoms with Crippen LogP contribution in [0.3, 0.4) is 0 Å². The molecule has 0 aliphatic rings. The third-order valence-corrected chi connectivity index (χ3v) is 1.35. The van der Waals surface area contributed by atoms with Crippen LogP contribution in [-0.4, -0.2) is 24.7 Å². The quantitative estimate of drug-likeness (QED) is 0.338. The molecule has 0 atom stereocenters. The zero-order valence-corrected chi connectivity index (χ0v) is 6.70. The van der Waals surface area contributed by atoms with Crippen LogP contribution >= 0.6 is 11.8 Å². The molecular weight excluding hydrogens is 134 g/mol. The van der Waals surface area contributed by atoms with Gasteiger partial charge >= 0.3 is 0 Å². The standard InChI is InChI=1S/C5H11N3S/c1-4-7-8-5(6-2)9-3/h4H,1-3H3,(H,6,8)/b7-4+. The van der Waals surface area contributed by atoms with E-state index in [-0.39, 0.29) is 0 Å².